The Morgan fingerprint density at radius 2 is 1.78 bits per heavy atom. The van der Waals surface area contributed by atoms with Crippen LogP contribution in [-0.4, -0.2) is 39.9 Å². The van der Waals surface area contributed by atoms with Crippen LogP contribution in [0.1, 0.15) is 22.3 Å². The van der Waals surface area contributed by atoms with Crippen LogP contribution in [-0.2, 0) is 29.2 Å². The minimum Gasteiger partial charge on any atom is -0.486 e. The summed E-state index contributed by atoms with van der Waals surface area (Å²) >= 11 is 10.8. The fraction of sp³-hybridized carbons (Fsp3) is 0.179. The van der Waals surface area contributed by atoms with Crippen molar-refractivity contribution in [2.24, 2.45) is 0 Å². The molecular formula is C28H22BrClN2O4S. The number of hydrogen-bond acceptors (Lipinski definition) is 5. The first-order valence-corrected chi connectivity index (χ1v) is 13.6. The molecule has 1 fully saturated rings. The highest BCUT2D eigenvalue weighted by Gasteiger charge is 2.37. The van der Waals surface area contributed by atoms with Crippen molar-refractivity contribution >= 4 is 62.4 Å². The Balaban J connectivity index is 1.26. The molecule has 3 amide bonds. The van der Waals surface area contributed by atoms with Crippen LogP contribution in [0.5, 0.6) is 5.75 Å². The molecule has 0 saturated carbocycles. The summed E-state index contributed by atoms with van der Waals surface area (Å²) in [6, 6.07) is 21.2. The van der Waals surface area contributed by atoms with Gasteiger partial charge in [0.25, 0.3) is 11.1 Å². The molecule has 0 aromatic heterocycles. The first-order chi connectivity index (χ1) is 17.9. The summed E-state index contributed by atoms with van der Waals surface area (Å²) < 4.78 is 6.51. The highest BCUT2D eigenvalue weighted by molar-refractivity contribution is 9.10. The monoisotopic (exact) mass is 596 g/mol. The Morgan fingerprint density at radius 1 is 1.05 bits per heavy atom. The summed E-state index contributed by atoms with van der Waals surface area (Å²) in [6.07, 6.45) is 2.36. The summed E-state index contributed by atoms with van der Waals surface area (Å²) in [5.41, 5.74) is 3.96. The molecule has 0 N–H and O–H groups in total. The fourth-order valence-corrected chi connectivity index (χ4v) is 6.09. The van der Waals surface area contributed by atoms with E-state index in [1.807, 2.05) is 48.5 Å². The van der Waals surface area contributed by atoms with Gasteiger partial charge in [-0.25, -0.2) is 0 Å². The van der Waals surface area contributed by atoms with E-state index in [4.69, 9.17) is 16.3 Å². The van der Waals surface area contributed by atoms with E-state index in [1.54, 1.807) is 23.1 Å². The van der Waals surface area contributed by atoms with E-state index in [-0.39, 0.29) is 17.4 Å². The van der Waals surface area contributed by atoms with E-state index < -0.39 is 11.1 Å². The van der Waals surface area contributed by atoms with E-state index in [2.05, 4.69) is 22.0 Å². The predicted octanol–water partition coefficient (Wildman–Crippen LogP) is 6.30. The number of nitrogens with zero attached hydrogens (tertiary/aromatic N) is 2. The third kappa shape index (κ3) is 5.76. The number of carbonyl (C=O) groups excluding carboxylic acids is 3. The van der Waals surface area contributed by atoms with Crippen LogP contribution >= 0.6 is 39.3 Å². The van der Waals surface area contributed by atoms with Gasteiger partial charge in [0.15, 0.2) is 5.75 Å². The summed E-state index contributed by atoms with van der Waals surface area (Å²) in [5.74, 6) is -0.245. The van der Waals surface area contributed by atoms with Gasteiger partial charge in [-0.3, -0.25) is 19.3 Å². The lowest BCUT2D eigenvalue weighted by Gasteiger charge is -2.29. The van der Waals surface area contributed by atoms with Gasteiger partial charge in [0.1, 0.15) is 13.2 Å². The molecule has 6 nitrogen and oxygen atoms in total. The van der Waals surface area contributed by atoms with E-state index in [0.717, 1.165) is 34.2 Å². The lowest BCUT2D eigenvalue weighted by Crippen LogP contribution is -2.44. The minimum absolute atomic E-state index is 0.239. The van der Waals surface area contributed by atoms with Crippen molar-refractivity contribution in [2.45, 2.75) is 19.6 Å². The normalized spacial score (nSPS) is 16.3. The number of benzene rings is 3. The second kappa shape index (κ2) is 11.1. The average Bonchev–Trinajstić information content (AvgIpc) is 3.15. The smallest absolute Gasteiger partial charge is 0.294 e. The SMILES string of the molecule is O=C(CN1C(=O)S/C(=C\c2cc(Cl)c(OCc3ccccc3)c(Br)c2)C1=O)N1CCc2ccccc2C1. The first kappa shape index (κ1) is 25.6. The molecule has 0 atom stereocenters. The second-order valence-electron chi connectivity index (χ2n) is 8.69. The Kier molecular flexibility index (Phi) is 7.69. The molecule has 188 valence electrons. The summed E-state index contributed by atoms with van der Waals surface area (Å²) in [4.78, 5) is 41.5. The van der Waals surface area contributed by atoms with Crippen molar-refractivity contribution in [1.29, 1.82) is 0 Å². The molecule has 0 unspecified atom stereocenters. The molecule has 3 aromatic rings. The van der Waals surface area contributed by atoms with Crippen LogP contribution in [0.25, 0.3) is 6.08 Å². The van der Waals surface area contributed by atoms with Gasteiger partial charge >= 0.3 is 0 Å². The fourth-order valence-electron chi connectivity index (χ4n) is 4.26. The highest BCUT2D eigenvalue weighted by atomic mass is 79.9. The number of hydrogen-bond donors (Lipinski definition) is 0. The maximum Gasteiger partial charge on any atom is 0.294 e. The van der Waals surface area contributed by atoms with Crippen molar-refractivity contribution in [3.8, 4) is 5.75 Å². The maximum absolute atomic E-state index is 13.0. The second-order valence-corrected chi connectivity index (χ2v) is 10.9. The molecule has 1 saturated heterocycles. The number of halogens is 2. The van der Waals surface area contributed by atoms with Crippen LogP contribution in [0.15, 0.2) is 76.1 Å². The van der Waals surface area contributed by atoms with Crippen LogP contribution < -0.4 is 4.74 Å². The topological polar surface area (TPSA) is 66.9 Å². The molecule has 0 bridgehead atoms. The number of carbonyl (C=O) groups is 3. The van der Waals surface area contributed by atoms with Gasteiger partial charge in [0, 0.05) is 13.1 Å². The molecule has 3 aromatic carbocycles. The van der Waals surface area contributed by atoms with E-state index >= 15 is 0 Å². The van der Waals surface area contributed by atoms with Gasteiger partial charge < -0.3 is 9.64 Å². The van der Waals surface area contributed by atoms with Crippen molar-refractivity contribution in [3.63, 3.8) is 0 Å². The third-order valence-electron chi connectivity index (χ3n) is 6.19. The van der Waals surface area contributed by atoms with Gasteiger partial charge in [0.05, 0.1) is 14.4 Å². The zero-order chi connectivity index (χ0) is 25.9. The van der Waals surface area contributed by atoms with E-state index in [9.17, 15) is 14.4 Å². The largest absolute Gasteiger partial charge is 0.486 e. The number of imide groups is 1. The van der Waals surface area contributed by atoms with Crippen molar-refractivity contribution in [3.05, 3.63) is 103 Å². The Hall–Kier alpha value is -3.07. The summed E-state index contributed by atoms with van der Waals surface area (Å²) in [5, 5.41) is -0.0914. The molecule has 2 aliphatic heterocycles. The number of rotatable bonds is 6. The zero-order valence-electron chi connectivity index (χ0n) is 19.7. The third-order valence-corrected chi connectivity index (χ3v) is 7.97. The van der Waals surface area contributed by atoms with Crippen LogP contribution in [0.3, 0.4) is 0 Å². The van der Waals surface area contributed by atoms with Crippen LogP contribution in [0.4, 0.5) is 4.79 Å². The number of ether oxygens (including phenoxy) is 1. The predicted molar refractivity (Wildman–Crippen MR) is 148 cm³/mol. The molecule has 9 heteroatoms. The van der Waals surface area contributed by atoms with Gasteiger partial charge in [0.2, 0.25) is 5.91 Å². The Bertz CT molecular complexity index is 1390. The van der Waals surface area contributed by atoms with Gasteiger partial charge in [-0.1, -0.05) is 66.2 Å². The van der Waals surface area contributed by atoms with Gasteiger partial charge in [-0.2, -0.15) is 0 Å². The standard InChI is InChI=1S/C28H22BrClN2O4S/c29-22-12-19(13-23(30)26(22)36-17-18-6-2-1-3-7-18)14-24-27(34)32(28(35)37-24)16-25(33)31-11-10-20-8-4-5-9-21(20)15-31/h1-9,12-14H,10-11,15-17H2/b24-14-. The van der Waals surface area contributed by atoms with Gasteiger partial charge in [-0.05, 0) is 74.6 Å². The zero-order valence-corrected chi connectivity index (χ0v) is 22.8. The molecule has 5 rings (SSSR count). The molecule has 0 radical (unpaired) electrons. The van der Waals surface area contributed by atoms with Crippen molar-refractivity contribution < 1.29 is 19.1 Å². The molecule has 2 aliphatic rings. The van der Waals surface area contributed by atoms with E-state index in [1.165, 1.54) is 5.56 Å². The number of amides is 3. The average molecular weight is 598 g/mol. The van der Waals surface area contributed by atoms with E-state index in [0.29, 0.717) is 40.5 Å². The van der Waals surface area contributed by atoms with Crippen molar-refractivity contribution in [2.75, 3.05) is 13.1 Å². The molecule has 0 spiro atoms. The van der Waals surface area contributed by atoms with Crippen LogP contribution in [0.2, 0.25) is 5.02 Å². The lowest BCUT2D eigenvalue weighted by molar-refractivity contribution is -0.136. The minimum atomic E-state index is -0.489. The highest BCUT2D eigenvalue weighted by Crippen LogP contribution is 2.38. The first-order valence-electron chi connectivity index (χ1n) is 11.6. The lowest BCUT2D eigenvalue weighted by atomic mass is 10.00. The summed E-state index contributed by atoms with van der Waals surface area (Å²) in [7, 11) is 0. The number of thioether (sulfide) groups is 1. The molecule has 0 aliphatic carbocycles. The van der Waals surface area contributed by atoms with Crippen molar-refractivity contribution in [1.82, 2.24) is 9.80 Å². The maximum atomic E-state index is 13.0. The Labute approximate surface area is 232 Å². The van der Waals surface area contributed by atoms with Gasteiger partial charge in [-0.15, -0.1) is 0 Å². The van der Waals surface area contributed by atoms with Crippen LogP contribution in [0, 0.1) is 0 Å². The summed E-state index contributed by atoms with van der Waals surface area (Å²) in [6.45, 7) is 1.12. The molecule has 2 heterocycles. The molecular weight excluding hydrogens is 576 g/mol. The quantitative estimate of drug-likeness (QED) is 0.312. The Morgan fingerprint density at radius 3 is 2.54 bits per heavy atom. The number of fused-ring (bicyclic) bond motifs is 1. The molecule has 37 heavy (non-hydrogen) atoms.